The first-order valence-corrected chi connectivity index (χ1v) is 9.42. The van der Waals surface area contributed by atoms with E-state index in [4.69, 9.17) is 0 Å². The third kappa shape index (κ3) is 5.56. The molecular weight excluding hydrogens is 292 g/mol. The summed E-state index contributed by atoms with van der Waals surface area (Å²) in [7, 11) is 0. The Morgan fingerprint density at radius 2 is 2.09 bits per heavy atom. The average Bonchev–Trinajstić information content (AvgIpc) is 2.91. The number of hydrogen-bond donors (Lipinski definition) is 1. The number of amides is 1. The summed E-state index contributed by atoms with van der Waals surface area (Å²) >= 11 is 1.71. The van der Waals surface area contributed by atoms with Gasteiger partial charge in [-0.3, -0.25) is 4.79 Å². The number of benzene rings is 1. The van der Waals surface area contributed by atoms with Crippen molar-refractivity contribution in [3.8, 4) is 0 Å². The second-order valence-corrected chi connectivity index (χ2v) is 7.78. The van der Waals surface area contributed by atoms with E-state index in [-0.39, 0.29) is 5.91 Å². The molecule has 1 fully saturated rings. The van der Waals surface area contributed by atoms with Gasteiger partial charge in [0.15, 0.2) is 0 Å². The number of hydrogen-bond acceptors (Lipinski definition) is 3. The minimum absolute atomic E-state index is 0.0938. The van der Waals surface area contributed by atoms with Crippen molar-refractivity contribution in [3.05, 3.63) is 24.3 Å². The largest absolute Gasteiger partial charge is 0.371 e. The molecular formula is C18H28N2OS. The van der Waals surface area contributed by atoms with E-state index in [2.05, 4.69) is 43.1 Å². The summed E-state index contributed by atoms with van der Waals surface area (Å²) in [5.74, 6) is 3.17. The van der Waals surface area contributed by atoms with E-state index in [1.54, 1.807) is 11.8 Å². The Bertz CT molecular complexity index is 472. The van der Waals surface area contributed by atoms with Crippen LogP contribution in [0.2, 0.25) is 0 Å². The molecule has 1 unspecified atom stereocenters. The highest BCUT2D eigenvalue weighted by Gasteiger charge is 2.18. The van der Waals surface area contributed by atoms with E-state index < -0.39 is 0 Å². The Morgan fingerprint density at radius 1 is 1.36 bits per heavy atom. The summed E-state index contributed by atoms with van der Waals surface area (Å²) in [6, 6.07) is 8.24. The van der Waals surface area contributed by atoms with Crippen LogP contribution in [0.1, 0.15) is 33.6 Å². The van der Waals surface area contributed by atoms with Gasteiger partial charge >= 0.3 is 0 Å². The van der Waals surface area contributed by atoms with Gasteiger partial charge in [0, 0.05) is 24.5 Å². The maximum Gasteiger partial charge on any atom is 0.234 e. The first-order chi connectivity index (χ1) is 10.5. The molecule has 3 nitrogen and oxygen atoms in total. The summed E-state index contributed by atoms with van der Waals surface area (Å²) in [6.45, 7) is 9.00. The van der Waals surface area contributed by atoms with Gasteiger partial charge in [0.25, 0.3) is 0 Å². The topological polar surface area (TPSA) is 32.3 Å². The summed E-state index contributed by atoms with van der Waals surface area (Å²) in [5.41, 5.74) is 2.15. The molecule has 1 atom stereocenters. The molecule has 0 aliphatic carbocycles. The molecule has 0 saturated carbocycles. The summed E-state index contributed by atoms with van der Waals surface area (Å²) in [6.07, 6.45) is 2.44. The van der Waals surface area contributed by atoms with Gasteiger partial charge in [-0.2, -0.15) is 11.8 Å². The fraction of sp³-hybridized carbons (Fsp3) is 0.611. The third-order valence-corrected chi connectivity index (χ3v) is 5.00. The highest BCUT2D eigenvalue weighted by atomic mass is 32.2. The van der Waals surface area contributed by atoms with Crippen LogP contribution in [0.3, 0.4) is 0 Å². The molecule has 1 saturated heterocycles. The summed E-state index contributed by atoms with van der Waals surface area (Å²) < 4.78 is 0. The van der Waals surface area contributed by atoms with Crippen LogP contribution in [-0.2, 0) is 4.79 Å². The Balaban J connectivity index is 1.75. The molecule has 0 aromatic heterocycles. The molecule has 122 valence electrons. The van der Waals surface area contributed by atoms with Gasteiger partial charge in [-0.05, 0) is 54.7 Å². The minimum atomic E-state index is 0.0938. The predicted molar refractivity (Wildman–Crippen MR) is 97.8 cm³/mol. The maximum absolute atomic E-state index is 11.9. The molecule has 0 radical (unpaired) electrons. The Hall–Kier alpha value is -1.16. The molecule has 1 aromatic rings. The quantitative estimate of drug-likeness (QED) is 0.762. The van der Waals surface area contributed by atoms with Gasteiger partial charge in [0.2, 0.25) is 5.91 Å². The Labute approximate surface area is 138 Å². The van der Waals surface area contributed by atoms with Crippen molar-refractivity contribution >= 4 is 29.0 Å². The molecule has 0 spiro atoms. The van der Waals surface area contributed by atoms with Crippen molar-refractivity contribution in [1.82, 2.24) is 0 Å². The van der Waals surface area contributed by atoms with E-state index in [9.17, 15) is 4.79 Å². The van der Waals surface area contributed by atoms with Crippen molar-refractivity contribution in [2.45, 2.75) is 33.6 Å². The first-order valence-electron chi connectivity index (χ1n) is 8.27. The fourth-order valence-electron chi connectivity index (χ4n) is 2.61. The van der Waals surface area contributed by atoms with Crippen molar-refractivity contribution in [3.63, 3.8) is 0 Å². The number of carbonyl (C=O) groups excluding carboxylic acids is 1. The first kappa shape index (κ1) is 17.2. The lowest BCUT2D eigenvalue weighted by Crippen LogP contribution is -2.19. The molecule has 1 amide bonds. The number of carbonyl (C=O) groups is 1. The Kier molecular flexibility index (Phi) is 6.62. The van der Waals surface area contributed by atoms with Crippen molar-refractivity contribution in [1.29, 1.82) is 0 Å². The van der Waals surface area contributed by atoms with E-state index in [1.165, 1.54) is 18.5 Å². The molecule has 2 rings (SSSR count). The molecule has 1 aliphatic rings. The van der Waals surface area contributed by atoms with E-state index in [0.29, 0.717) is 11.7 Å². The molecule has 4 heteroatoms. The molecule has 0 bridgehead atoms. The van der Waals surface area contributed by atoms with Crippen LogP contribution in [0.25, 0.3) is 0 Å². The van der Waals surface area contributed by atoms with Gasteiger partial charge in [-0.15, -0.1) is 0 Å². The number of nitrogens with one attached hydrogen (secondary N) is 1. The van der Waals surface area contributed by atoms with Gasteiger partial charge in [-0.1, -0.05) is 20.8 Å². The zero-order valence-electron chi connectivity index (χ0n) is 14.0. The second kappa shape index (κ2) is 8.47. The standard InChI is InChI=1S/C18H28N2OS/c1-14(2)9-11-22-13-18(21)19-16-4-6-17(7-5-16)20-10-8-15(3)12-20/h4-7,14-15H,8-13H2,1-3H3,(H,19,21). The summed E-state index contributed by atoms with van der Waals surface area (Å²) in [4.78, 5) is 14.3. The number of thioether (sulfide) groups is 1. The Morgan fingerprint density at radius 3 is 2.68 bits per heavy atom. The van der Waals surface area contributed by atoms with Crippen LogP contribution in [0, 0.1) is 11.8 Å². The SMILES string of the molecule is CC(C)CCSCC(=O)Nc1ccc(N2CCC(C)C2)cc1. The lowest BCUT2D eigenvalue weighted by Gasteiger charge is -2.18. The molecule has 1 N–H and O–H groups in total. The zero-order chi connectivity index (χ0) is 15.9. The monoisotopic (exact) mass is 320 g/mol. The molecule has 1 aromatic carbocycles. The number of nitrogens with zero attached hydrogens (tertiary/aromatic N) is 1. The third-order valence-electron chi connectivity index (χ3n) is 4.01. The minimum Gasteiger partial charge on any atom is -0.371 e. The summed E-state index contributed by atoms with van der Waals surface area (Å²) in [5, 5.41) is 2.98. The van der Waals surface area contributed by atoms with Crippen molar-refractivity contribution < 1.29 is 4.79 Å². The van der Waals surface area contributed by atoms with Crippen molar-refractivity contribution in [2.24, 2.45) is 11.8 Å². The molecule has 1 aliphatic heterocycles. The highest BCUT2D eigenvalue weighted by molar-refractivity contribution is 7.99. The van der Waals surface area contributed by atoms with E-state index in [1.807, 2.05) is 12.1 Å². The lowest BCUT2D eigenvalue weighted by molar-refractivity contribution is -0.113. The smallest absolute Gasteiger partial charge is 0.234 e. The van der Waals surface area contributed by atoms with Gasteiger partial charge in [0.05, 0.1) is 5.75 Å². The fourth-order valence-corrected chi connectivity index (χ4v) is 3.65. The van der Waals surface area contributed by atoms with Crippen LogP contribution in [-0.4, -0.2) is 30.5 Å². The van der Waals surface area contributed by atoms with Crippen LogP contribution in [0.4, 0.5) is 11.4 Å². The van der Waals surface area contributed by atoms with Gasteiger partial charge < -0.3 is 10.2 Å². The van der Waals surface area contributed by atoms with Gasteiger partial charge in [-0.25, -0.2) is 0 Å². The van der Waals surface area contributed by atoms with E-state index >= 15 is 0 Å². The molecule has 1 heterocycles. The molecule has 22 heavy (non-hydrogen) atoms. The van der Waals surface area contributed by atoms with Crippen LogP contribution in [0.5, 0.6) is 0 Å². The van der Waals surface area contributed by atoms with Gasteiger partial charge in [0.1, 0.15) is 0 Å². The normalized spacial score (nSPS) is 18.0. The number of rotatable bonds is 7. The van der Waals surface area contributed by atoms with Crippen LogP contribution < -0.4 is 10.2 Å². The van der Waals surface area contributed by atoms with Crippen LogP contribution in [0.15, 0.2) is 24.3 Å². The van der Waals surface area contributed by atoms with E-state index in [0.717, 1.165) is 30.4 Å². The highest BCUT2D eigenvalue weighted by Crippen LogP contribution is 2.24. The second-order valence-electron chi connectivity index (χ2n) is 6.67. The number of anilines is 2. The van der Waals surface area contributed by atoms with Crippen LogP contribution >= 0.6 is 11.8 Å². The maximum atomic E-state index is 11.9. The predicted octanol–water partition coefficient (Wildman–Crippen LogP) is 4.25. The van der Waals surface area contributed by atoms with Crippen molar-refractivity contribution in [2.75, 3.05) is 34.8 Å². The zero-order valence-corrected chi connectivity index (χ0v) is 14.8. The average molecular weight is 321 g/mol. The lowest BCUT2D eigenvalue weighted by atomic mass is 10.2.